The van der Waals surface area contributed by atoms with E-state index in [1.54, 1.807) is 30.3 Å². The molecule has 0 saturated heterocycles. The first kappa shape index (κ1) is 18.5. The summed E-state index contributed by atoms with van der Waals surface area (Å²) in [5.74, 6) is 0.0414. The van der Waals surface area contributed by atoms with Gasteiger partial charge in [-0.25, -0.2) is 4.39 Å². The van der Waals surface area contributed by atoms with Crippen molar-refractivity contribution in [3.05, 3.63) is 59.4 Å². The Kier molecular flexibility index (Phi) is 5.28. The maximum absolute atomic E-state index is 13.3. The average Bonchev–Trinajstić information content (AvgIpc) is 3.23. The first-order valence-corrected chi connectivity index (χ1v) is 9.72. The lowest BCUT2D eigenvalue weighted by Crippen LogP contribution is -2.40. The first-order valence-electron chi connectivity index (χ1n) is 9.72. The zero-order valence-electron chi connectivity index (χ0n) is 15.6. The van der Waals surface area contributed by atoms with Crippen LogP contribution in [0.1, 0.15) is 41.6 Å². The predicted octanol–water partition coefficient (Wildman–Crippen LogP) is 3.78. The smallest absolute Gasteiger partial charge is 0.262 e. The molecule has 2 aromatic rings. The van der Waals surface area contributed by atoms with E-state index in [9.17, 15) is 14.0 Å². The van der Waals surface area contributed by atoms with Gasteiger partial charge in [0.2, 0.25) is 0 Å². The third-order valence-corrected chi connectivity index (χ3v) is 5.44. The van der Waals surface area contributed by atoms with Gasteiger partial charge in [0.15, 0.2) is 6.61 Å². The van der Waals surface area contributed by atoms with Gasteiger partial charge in [0.1, 0.15) is 11.6 Å². The molecule has 0 unspecified atom stereocenters. The van der Waals surface area contributed by atoms with Gasteiger partial charge >= 0.3 is 0 Å². The molecule has 2 aliphatic rings. The topological polar surface area (TPSA) is 58.6 Å². The van der Waals surface area contributed by atoms with Crippen molar-refractivity contribution < 1.29 is 18.7 Å². The van der Waals surface area contributed by atoms with Crippen molar-refractivity contribution in [3.8, 4) is 5.75 Å². The molecule has 1 saturated carbocycles. The molecule has 1 heterocycles. The van der Waals surface area contributed by atoms with Gasteiger partial charge in [0.05, 0.1) is 5.69 Å². The van der Waals surface area contributed by atoms with Gasteiger partial charge in [-0.3, -0.25) is 9.59 Å². The summed E-state index contributed by atoms with van der Waals surface area (Å²) in [4.78, 5) is 26.7. The number of hydrogen-bond acceptors (Lipinski definition) is 3. The van der Waals surface area contributed by atoms with Gasteiger partial charge in [0, 0.05) is 18.2 Å². The fourth-order valence-electron chi connectivity index (χ4n) is 3.94. The second-order valence-corrected chi connectivity index (χ2v) is 7.36. The highest BCUT2D eigenvalue weighted by molar-refractivity contribution is 5.99. The monoisotopic (exact) mass is 382 g/mol. The van der Waals surface area contributed by atoms with E-state index in [0.717, 1.165) is 31.2 Å². The number of amides is 2. The molecule has 1 aliphatic carbocycles. The summed E-state index contributed by atoms with van der Waals surface area (Å²) < 4.78 is 18.6. The summed E-state index contributed by atoms with van der Waals surface area (Å²) in [6.45, 7) is 0.547. The molecule has 28 heavy (non-hydrogen) atoms. The SMILES string of the molecule is O=C1COc2cc(C(=O)N(CCc3ccc(F)cc3)C3CCCC3)ccc2N1. The number of carbonyl (C=O) groups is 2. The number of fused-ring (bicyclic) bond motifs is 1. The molecule has 6 heteroatoms. The number of hydrogen-bond donors (Lipinski definition) is 1. The number of nitrogens with zero attached hydrogens (tertiary/aromatic N) is 1. The Morgan fingerprint density at radius 1 is 1.14 bits per heavy atom. The van der Waals surface area contributed by atoms with E-state index in [-0.39, 0.29) is 30.3 Å². The van der Waals surface area contributed by atoms with E-state index < -0.39 is 0 Å². The van der Waals surface area contributed by atoms with Crippen molar-refractivity contribution in [3.63, 3.8) is 0 Å². The second kappa shape index (κ2) is 8.00. The summed E-state index contributed by atoms with van der Waals surface area (Å²) in [7, 11) is 0. The van der Waals surface area contributed by atoms with Crippen molar-refractivity contribution in [2.75, 3.05) is 18.5 Å². The number of anilines is 1. The fourth-order valence-corrected chi connectivity index (χ4v) is 3.94. The van der Waals surface area contributed by atoms with Crippen LogP contribution in [0.2, 0.25) is 0 Å². The van der Waals surface area contributed by atoms with Crippen LogP contribution in [0.5, 0.6) is 5.75 Å². The van der Waals surface area contributed by atoms with Crippen LogP contribution in [-0.4, -0.2) is 35.9 Å². The zero-order chi connectivity index (χ0) is 19.5. The molecule has 4 rings (SSSR count). The summed E-state index contributed by atoms with van der Waals surface area (Å²) in [6.07, 6.45) is 4.95. The Hall–Kier alpha value is -2.89. The molecule has 1 aliphatic heterocycles. The number of nitrogens with one attached hydrogen (secondary N) is 1. The van der Waals surface area contributed by atoms with E-state index in [2.05, 4.69) is 5.32 Å². The summed E-state index contributed by atoms with van der Waals surface area (Å²) >= 11 is 0. The highest BCUT2D eigenvalue weighted by Crippen LogP contribution is 2.31. The molecule has 0 spiro atoms. The van der Waals surface area contributed by atoms with Gasteiger partial charge in [0.25, 0.3) is 11.8 Å². The molecule has 1 N–H and O–H groups in total. The lowest BCUT2D eigenvalue weighted by atomic mass is 10.1. The van der Waals surface area contributed by atoms with Crippen LogP contribution in [0, 0.1) is 5.82 Å². The van der Waals surface area contributed by atoms with Gasteiger partial charge in [-0.1, -0.05) is 25.0 Å². The van der Waals surface area contributed by atoms with E-state index in [1.165, 1.54) is 12.1 Å². The van der Waals surface area contributed by atoms with Crippen molar-refractivity contribution in [2.45, 2.75) is 38.1 Å². The number of carbonyl (C=O) groups excluding carboxylic acids is 2. The largest absolute Gasteiger partial charge is 0.482 e. The van der Waals surface area contributed by atoms with Crippen molar-refractivity contribution in [1.82, 2.24) is 4.90 Å². The zero-order valence-corrected chi connectivity index (χ0v) is 15.6. The number of ether oxygens (including phenoxy) is 1. The Morgan fingerprint density at radius 3 is 2.64 bits per heavy atom. The molecule has 2 amide bonds. The molecule has 0 bridgehead atoms. The minimum absolute atomic E-state index is 0.0303. The van der Waals surface area contributed by atoms with Crippen LogP contribution in [0.15, 0.2) is 42.5 Å². The number of rotatable bonds is 5. The van der Waals surface area contributed by atoms with Gasteiger partial charge < -0.3 is 15.0 Å². The molecule has 146 valence electrons. The maximum atomic E-state index is 13.3. The van der Waals surface area contributed by atoms with Crippen LogP contribution in [0.3, 0.4) is 0 Å². The van der Waals surface area contributed by atoms with Gasteiger partial charge in [-0.2, -0.15) is 0 Å². The molecular weight excluding hydrogens is 359 g/mol. The maximum Gasteiger partial charge on any atom is 0.262 e. The minimum atomic E-state index is -0.256. The third kappa shape index (κ3) is 4.01. The van der Waals surface area contributed by atoms with Crippen molar-refractivity contribution in [2.24, 2.45) is 0 Å². The standard InChI is InChI=1S/C22H23FN2O3/c23-17-8-5-15(6-9-17)11-12-25(18-3-1-2-4-18)22(27)16-7-10-19-20(13-16)28-14-21(26)24-19/h5-10,13,18H,1-4,11-12,14H2,(H,24,26). The number of halogens is 1. The second-order valence-electron chi connectivity index (χ2n) is 7.36. The van der Waals surface area contributed by atoms with Crippen LogP contribution in [0.25, 0.3) is 0 Å². The normalized spacial score (nSPS) is 16.2. The lowest BCUT2D eigenvalue weighted by Gasteiger charge is -2.30. The summed E-state index contributed by atoms with van der Waals surface area (Å²) in [5, 5.41) is 2.74. The third-order valence-electron chi connectivity index (χ3n) is 5.44. The van der Waals surface area contributed by atoms with Gasteiger partial charge in [-0.05, 0) is 55.2 Å². The van der Waals surface area contributed by atoms with Crippen LogP contribution < -0.4 is 10.1 Å². The Labute approximate surface area is 163 Å². The predicted molar refractivity (Wildman–Crippen MR) is 104 cm³/mol. The summed E-state index contributed by atoms with van der Waals surface area (Å²) in [5.41, 5.74) is 2.15. The minimum Gasteiger partial charge on any atom is -0.482 e. The highest BCUT2D eigenvalue weighted by atomic mass is 19.1. The van der Waals surface area contributed by atoms with Gasteiger partial charge in [-0.15, -0.1) is 0 Å². The molecule has 0 atom stereocenters. The van der Waals surface area contributed by atoms with Crippen LogP contribution in [-0.2, 0) is 11.2 Å². The molecule has 1 fully saturated rings. The Morgan fingerprint density at radius 2 is 1.89 bits per heavy atom. The molecular formula is C22H23FN2O3. The van der Waals surface area contributed by atoms with E-state index in [4.69, 9.17) is 4.74 Å². The quantitative estimate of drug-likeness (QED) is 0.856. The summed E-state index contributed by atoms with van der Waals surface area (Å²) in [6, 6.07) is 11.8. The highest BCUT2D eigenvalue weighted by Gasteiger charge is 2.28. The molecule has 5 nitrogen and oxygen atoms in total. The lowest BCUT2D eigenvalue weighted by molar-refractivity contribution is -0.118. The Balaban J connectivity index is 1.53. The molecule has 0 aromatic heterocycles. The van der Waals surface area contributed by atoms with E-state index in [1.807, 2.05) is 4.90 Å². The van der Waals surface area contributed by atoms with Crippen LogP contribution >= 0.6 is 0 Å². The van der Waals surface area contributed by atoms with Crippen molar-refractivity contribution in [1.29, 1.82) is 0 Å². The Bertz CT molecular complexity index is 876. The van der Waals surface area contributed by atoms with Crippen LogP contribution in [0.4, 0.5) is 10.1 Å². The molecule has 0 radical (unpaired) electrons. The fraction of sp³-hybridized carbons (Fsp3) is 0.364. The first-order chi connectivity index (χ1) is 13.6. The average molecular weight is 382 g/mol. The van der Waals surface area contributed by atoms with E-state index in [0.29, 0.717) is 30.0 Å². The van der Waals surface area contributed by atoms with E-state index >= 15 is 0 Å². The number of benzene rings is 2. The molecule has 2 aromatic carbocycles. The van der Waals surface area contributed by atoms with Crippen molar-refractivity contribution >= 4 is 17.5 Å².